The van der Waals surface area contributed by atoms with Gasteiger partial charge in [-0.05, 0) is 37.0 Å². The number of nitriles is 1. The Morgan fingerprint density at radius 2 is 2.14 bits per heavy atom. The number of hydrogen-bond acceptors (Lipinski definition) is 8. The minimum atomic E-state index is -3.42. The molecule has 1 N–H and O–H groups in total. The molecule has 1 atom stereocenters. The van der Waals surface area contributed by atoms with Crippen LogP contribution in [0.3, 0.4) is 0 Å². The number of thioether (sulfide) groups is 1. The van der Waals surface area contributed by atoms with Crippen molar-refractivity contribution in [1.29, 1.82) is 5.26 Å². The number of sulfonamides is 1. The highest BCUT2D eigenvalue weighted by Crippen LogP contribution is 2.29. The monoisotopic (exact) mass is 451 g/mol. The molecule has 1 aromatic heterocycles. The van der Waals surface area contributed by atoms with Gasteiger partial charge in [-0.15, -0.1) is 10.2 Å². The third-order valence-electron chi connectivity index (χ3n) is 4.41. The lowest BCUT2D eigenvalue weighted by molar-refractivity contribution is -0.119. The molecule has 11 heteroatoms. The zero-order valence-electron chi connectivity index (χ0n) is 15.9. The molecule has 29 heavy (non-hydrogen) atoms. The third kappa shape index (κ3) is 5.54. The van der Waals surface area contributed by atoms with Crippen LogP contribution in [0.2, 0.25) is 0 Å². The molecule has 2 aromatic rings. The van der Waals surface area contributed by atoms with E-state index in [4.69, 9.17) is 5.26 Å². The lowest BCUT2D eigenvalue weighted by atomic mass is 10.2. The Labute approximate surface area is 178 Å². The minimum Gasteiger partial charge on any atom is -0.299 e. The maximum absolute atomic E-state index is 12.6. The van der Waals surface area contributed by atoms with E-state index in [1.165, 1.54) is 27.4 Å². The van der Waals surface area contributed by atoms with E-state index >= 15 is 0 Å². The Bertz CT molecular complexity index is 998. The largest absolute Gasteiger partial charge is 0.299 e. The lowest BCUT2D eigenvalue weighted by Gasteiger charge is -2.22. The molecule has 1 amide bonds. The molecule has 0 saturated carbocycles. The van der Waals surface area contributed by atoms with Crippen molar-refractivity contribution in [2.75, 3.05) is 17.6 Å². The molecule has 0 aliphatic carbocycles. The average molecular weight is 452 g/mol. The number of rotatable bonds is 8. The maximum atomic E-state index is 12.6. The summed E-state index contributed by atoms with van der Waals surface area (Å²) in [7, 11) is -3.42. The van der Waals surface area contributed by atoms with E-state index < -0.39 is 16.1 Å². The van der Waals surface area contributed by atoms with E-state index in [1.54, 1.807) is 19.1 Å². The standard InChI is InChI=1S/C18H21N5O3S3/c1-2-10-29(25,26)23-9-3-4-15(23)16(24)20-17-21-22-18(28-17)27-12-14-7-5-13(11-19)6-8-14/h5-8,15H,2-4,9-10,12H2,1H3,(H,20,21,24)/t15-/m1/s1. The second kappa shape index (κ2) is 9.67. The second-order valence-electron chi connectivity index (χ2n) is 6.54. The van der Waals surface area contributed by atoms with E-state index in [0.29, 0.717) is 46.6 Å². The van der Waals surface area contributed by atoms with E-state index in [-0.39, 0.29) is 11.7 Å². The fraction of sp³-hybridized carbons (Fsp3) is 0.444. The Hall–Kier alpha value is -2.00. The first kappa shape index (κ1) is 21.7. The minimum absolute atomic E-state index is 0.0473. The highest BCUT2D eigenvalue weighted by molar-refractivity contribution is 8.00. The number of nitrogens with one attached hydrogen (secondary N) is 1. The number of carbonyl (C=O) groups is 1. The van der Waals surface area contributed by atoms with Gasteiger partial charge in [-0.25, -0.2) is 8.42 Å². The Morgan fingerprint density at radius 3 is 2.83 bits per heavy atom. The van der Waals surface area contributed by atoms with Crippen LogP contribution < -0.4 is 5.32 Å². The Kier molecular flexibility index (Phi) is 7.23. The summed E-state index contributed by atoms with van der Waals surface area (Å²) >= 11 is 2.74. The Balaban J connectivity index is 1.57. The van der Waals surface area contributed by atoms with Gasteiger partial charge in [0.25, 0.3) is 0 Å². The summed E-state index contributed by atoms with van der Waals surface area (Å²) in [5, 5.41) is 20.0. The van der Waals surface area contributed by atoms with Crippen molar-refractivity contribution >= 4 is 44.2 Å². The second-order valence-corrected chi connectivity index (χ2v) is 10.8. The summed E-state index contributed by atoms with van der Waals surface area (Å²) in [4.78, 5) is 12.6. The van der Waals surface area contributed by atoms with Gasteiger partial charge in [0.2, 0.25) is 21.1 Å². The Morgan fingerprint density at radius 1 is 1.38 bits per heavy atom. The zero-order valence-corrected chi connectivity index (χ0v) is 18.3. The summed E-state index contributed by atoms with van der Waals surface area (Å²) in [5.74, 6) is 0.355. The smallest absolute Gasteiger partial charge is 0.244 e. The molecule has 2 heterocycles. The lowest BCUT2D eigenvalue weighted by Crippen LogP contribution is -2.44. The summed E-state index contributed by atoms with van der Waals surface area (Å²) < 4.78 is 26.7. The van der Waals surface area contributed by atoms with Crippen LogP contribution in [-0.2, 0) is 20.6 Å². The van der Waals surface area contributed by atoms with Crippen LogP contribution in [0.1, 0.15) is 37.3 Å². The van der Waals surface area contributed by atoms with Crippen LogP contribution >= 0.6 is 23.1 Å². The molecule has 154 valence electrons. The van der Waals surface area contributed by atoms with Gasteiger partial charge in [0, 0.05) is 12.3 Å². The zero-order chi connectivity index (χ0) is 20.9. The maximum Gasteiger partial charge on any atom is 0.244 e. The van der Waals surface area contributed by atoms with Crippen molar-refractivity contribution < 1.29 is 13.2 Å². The summed E-state index contributed by atoms with van der Waals surface area (Å²) in [5.41, 5.74) is 1.67. The van der Waals surface area contributed by atoms with Crippen LogP contribution in [0.4, 0.5) is 5.13 Å². The first-order valence-corrected chi connectivity index (χ1v) is 12.6. The van der Waals surface area contributed by atoms with Gasteiger partial charge in [0.05, 0.1) is 17.4 Å². The molecule has 0 bridgehead atoms. The van der Waals surface area contributed by atoms with Gasteiger partial charge < -0.3 is 0 Å². The first-order chi connectivity index (χ1) is 13.9. The van der Waals surface area contributed by atoms with Crippen molar-refractivity contribution in [3.8, 4) is 6.07 Å². The predicted molar refractivity (Wildman–Crippen MR) is 113 cm³/mol. The van der Waals surface area contributed by atoms with Crippen LogP contribution in [-0.4, -0.2) is 47.2 Å². The van der Waals surface area contributed by atoms with Crippen LogP contribution in [0.5, 0.6) is 0 Å². The summed E-state index contributed by atoms with van der Waals surface area (Å²) in [6, 6.07) is 8.70. The normalized spacial score (nSPS) is 17.2. The quantitative estimate of drug-likeness (QED) is 0.484. The molecule has 0 radical (unpaired) electrons. The number of anilines is 1. The van der Waals surface area contributed by atoms with E-state index in [0.717, 1.165) is 5.56 Å². The van der Waals surface area contributed by atoms with Crippen molar-refractivity contribution in [3.63, 3.8) is 0 Å². The molecule has 3 rings (SSSR count). The van der Waals surface area contributed by atoms with E-state index in [2.05, 4.69) is 21.6 Å². The summed E-state index contributed by atoms with van der Waals surface area (Å²) in [6.45, 7) is 2.18. The van der Waals surface area contributed by atoms with E-state index in [9.17, 15) is 13.2 Å². The first-order valence-electron chi connectivity index (χ1n) is 9.18. The SMILES string of the molecule is CCCS(=O)(=O)N1CCC[C@@H]1C(=O)Nc1nnc(SCc2ccc(C#N)cc2)s1. The molecule has 0 spiro atoms. The highest BCUT2D eigenvalue weighted by atomic mass is 32.2. The fourth-order valence-corrected chi connectivity index (χ4v) is 6.50. The topological polar surface area (TPSA) is 116 Å². The number of carbonyl (C=O) groups excluding carboxylic acids is 1. The van der Waals surface area contributed by atoms with Crippen molar-refractivity contribution in [2.24, 2.45) is 0 Å². The number of amides is 1. The number of benzene rings is 1. The van der Waals surface area contributed by atoms with Gasteiger partial charge in [0.15, 0.2) is 4.34 Å². The van der Waals surface area contributed by atoms with Crippen molar-refractivity contribution in [3.05, 3.63) is 35.4 Å². The number of aromatic nitrogens is 2. The molecular formula is C18H21N5O3S3. The van der Waals surface area contributed by atoms with Crippen molar-refractivity contribution in [1.82, 2.24) is 14.5 Å². The van der Waals surface area contributed by atoms with Gasteiger partial charge in [0.1, 0.15) is 6.04 Å². The van der Waals surface area contributed by atoms with Crippen LogP contribution in [0, 0.1) is 11.3 Å². The third-order valence-corrected chi connectivity index (χ3v) is 8.53. The molecule has 1 aromatic carbocycles. The fourth-order valence-electron chi connectivity index (χ4n) is 3.04. The van der Waals surface area contributed by atoms with Gasteiger partial charge in [-0.3, -0.25) is 10.1 Å². The van der Waals surface area contributed by atoms with Gasteiger partial charge in [-0.1, -0.05) is 42.2 Å². The van der Waals surface area contributed by atoms with Crippen molar-refractivity contribution in [2.45, 2.75) is 42.3 Å². The average Bonchev–Trinajstić information content (AvgIpc) is 3.37. The molecule has 8 nitrogen and oxygen atoms in total. The van der Waals surface area contributed by atoms with Gasteiger partial charge in [-0.2, -0.15) is 9.57 Å². The van der Waals surface area contributed by atoms with Crippen LogP contribution in [0.25, 0.3) is 0 Å². The molecule has 1 saturated heterocycles. The molecule has 1 fully saturated rings. The van der Waals surface area contributed by atoms with Gasteiger partial charge >= 0.3 is 0 Å². The summed E-state index contributed by atoms with van der Waals surface area (Å²) in [6.07, 6.45) is 1.69. The number of nitrogens with zero attached hydrogens (tertiary/aromatic N) is 4. The molecule has 0 unspecified atom stereocenters. The van der Waals surface area contributed by atoms with Crippen LogP contribution in [0.15, 0.2) is 28.6 Å². The molecule has 1 aliphatic rings. The molecule has 1 aliphatic heterocycles. The highest BCUT2D eigenvalue weighted by Gasteiger charge is 2.38. The predicted octanol–water partition coefficient (Wildman–Crippen LogP) is 2.84. The molecular weight excluding hydrogens is 430 g/mol. The number of hydrogen-bond donors (Lipinski definition) is 1. The van der Waals surface area contributed by atoms with E-state index in [1.807, 2.05) is 12.1 Å².